The summed E-state index contributed by atoms with van der Waals surface area (Å²) < 4.78 is 2.25. The molecule has 0 radical (unpaired) electrons. The van der Waals surface area contributed by atoms with Gasteiger partial charge in [-0.15, -0.1) is 0 Å². The number of imidazole rings is 1. The van der Waals surface area contributed by atoms with Crippen molar-refractivity contribution in [3.8, 4) is 22.3 Å². The number of benzene rings is 3. The lowest BCUT2D eigenvalue weighted by molar-refractivity contribution is 1.24. The minimum Gasteiger partial charge on any atom is -0.288 e. The second kappa shape index (κ2) is 6.10. The molecule has 4 heterocycles. The van der Waals surface area contributed by atoms with Crippen molar-refractivity contribution in [1.29, 1.82) is 0 Å². The summed E-state index contributed by atoms with van der Waals surface area (Å²) in [5.41, 5.74) is 16.0. The fourth-order valence-corrected chi connectivity index (χ4v) is 6.56. The molecule has 4 nitrogen and oxygen atoms in total. The van der Waals surface area contributed by atoms with Gasteiger partial charge in [0.1, 0.15) is 5.65 Å². The molecular weight excluding hydrogens is 428 g/mol. The highest BCUT2D eigenvalue weighted by atomic mass is 15.1. The van der Waals surface area contributed by atoms with E-state index in [1.165, 1.54) is 49.9 Å². The molecule has 0 atom stereocenters. The lowest BCUT2D eigenvalue weighted by Crippen LogP contribution is -1.96. The molecule has 2 aliphatic rings. The third-order valence-corrected chi connectivity index (χ3v) is 7.96. The number of fused-ring (bicyclic) bond motifs is 16. The monoisotopic (exact) mass is 446 g/mol. The fourth-order valence-electron chi connectivity index (χ4n) is 6.56. The molecule has 0 fully saturated rings. The van der Waals surface area contributed by atoms with E-state index in [-0.39, 0.29) is 0 Å². The largest absolute Gasteiger partial charge is 0.288 e. The molecular formula is C31H18N4. The van der Waals surface area contributed by atoms with Gasteiger partial charge in [0.15, 0.2) is 5.65 Å². The predicted molar refractivity (Wildman–Crippen MR) is 140 cm³/mol. The number of hydrogen-bond acceptors (Lipinski definition) is 3. The molecule has 7 aromatic rings. The first-order valence-corrected chi connectivity index (χ1v) is 12.1. The molecule has 2 aliphatic carbocycles. The van der Waals surface area contributed by atoms with Crippen LogP contribution >= 0.6 is 0 Å². The maximum Gasteiger partial charge on any atom is 0.178 e. The number of nitrogens with zero attached hydrogens (tertiary/aromatic N) is 4. The van der Waals surface area contributed by atoms with Crippen LogP contribution in [-0.2, 0) is 12.8 Å². The first kappa shape index (κ1) is 17.8. The Labute approximate surface area is 200 Å². The van der Waals surface area contributed by atoms with Gasteiger partial charge >= 0.3 is 0 Å². The maximum absolute atomic E-state index is 5.06. The summed E-state index contributed by atoms with van der Waals surface area (Å²) in [6.45, 7) is 0. The standard InChI is InChI=1S/C31H18N4/c1-2-6-19-17(5-1)15-23-20(19)10-9-18-16-24-21(27(18)23)11-12-22-28(24)31-34-30-26(8-4-14-33-30)35(31)25-7-3-13-32-29(22)25/h1-14H,15-16H2. The Kier molecular flexibility index (Phi) is 3.11. The molecule has 35 heavy (non-hydrogen) atoms. The zero-order chi connectivity index (χ0) is 22.7. The van der Waals surface area contributed by atoms with Gasteiger partial charge < -0.3 is 0 Å². The van der Waals surface area contributed by atoms with E-state index in [4.69, 9.17) is 9.97 Å². The second-order valence-electron chi connectivity index (χ2n) is 9.64. The van der Waals surface area contributed by atoms with Crippen molar-refractivity contribution in [3.63, 3.8) is 0 Å². The van der Waals surface area contributed by atoms with Gasteiger partial charge in [0.05, 0.1) is 16.6 Å². The number of hydrogen-bond donors (Lipinski definition) is 0. The Balaban J connectivity index is 1.44. The Morgan fingerprint density at radius 3 is 2.43 bits per heavy atom. The van der Waals surface area contributed by atoms with Crippen LogP contribution in [0.2, 0.25) is 0 Å². The summed E-state index contributed by atoms with van der Waals surface area (Å²) in [6, 6.07) is 26.3. The van der Waals surface area contributed by atoms with Crippen molar-refractivity contribution < 1.29 is 0 Å². The Morgan fingerprint density at radius 1 is 0.629 bits per heavy atom. The van der Waals surface area contributed by atoms with Gasteiger partial charge in [-0.1, -0.05) is 48.5 Å². The van der Waals surface area contributed by atoms with Gasteiger partial charge in [0.25, 0.3) is 0 Å². The average molecular weight is 447 g/mol. The molecule has 0 bridgehead atoms. The van der Waals surface area contributed by atoms with Crippen LogP contribution in [0.4, 0.5) is 0 Å². The number of rotatable bonds is 0. The van der Waals surface area contributed by atoms with E-state index in [1.54, 1.807) is 0 Å². The maximum atomic E-state index is 5.06. The van der Waals surface area contributed by atoms with Crippen molar-refractivity contribution in [2.24, 2.45) is 0 Å². The van der Waals surface area contributed by atoms with E-state index in [0.717, 1.165) is 46.1 Å². The molecule has 162 valence electrons. The second-order valence-corrected chi connectivity index (χ2v) is 9.64. The zero-order valence-electron chi connectivity index (χ0n) is 18.8. The quantitative estimate of drug-likeness (QED) is 0.243. The minimum absolute atomic E-state index is 0.773. The van der Waals surface area contributed by atoms with Crippen LogP contribution < -0.4 is 0 Å². The summed E-state index contributed by atoms with van der Waals surface area (Å²) >= 11 is 0. The van der Waals surface area contributed by atoms with Crippen molar-refractivity contribution in [2.75, 3.05) is 0 Å². The van der Waals surface area contributed by atoms with Gasteiger partial charge in [-0.25, -0.2) is 9.97 Å². The van der Waals surface area contributed by atoms with Crippen LogP contribution in [0.25, 0.3) is 60.9 Å². The van der Waals surface area contributed by atoms with E-state index in [2.05, 4.69) is 70.0 Å². The van der Waals surface area contributed by atoms with Gasteiger partial charge in [0.2, 0.25) is 0 Å². The Morgan fingerprint density at radius 2 is 1.46 bits per heavy atom. The van der Waals surface area contributed by atoms with Crippen molar-refractivity contribution in [3.05, 3.63) is 107 Å². The minimum atomic E-state index is 0.773. The Bertz CT molecular complexity index is 2070. The van der Waals surface area contributed by atoms with E-state index < -0.39 is 0 Å². The van der Waals surface area contributed by atoms with Gasteiger partial charge in [-0.05, 0) is 81.6 Å². The molecule has 0 saturated heterocycles. The van der Waals surface area contributed by atoms with Crippen LogP contribution in [0.3, 0.4) is 0 Å². The van der Waals surface area contributed by atoms with Crippen LogP contribution in [0.5, 0.6) is 0 Å². The molecule has 3 aromatic carbocycles. The van der Waals surface area contributed by atoms with Crippen molar-refractivity contribution in [2.45, 2.75) is 12.8 Å². The number of pyridine rings is 3. The fraction of sp³-hybridized carbons (Fsp3) is 0.0645. The summed E-state index contributed by atoms with van der Waals surface area (Å²) in [7, 11) is 0. The highest BCUT2D eigenvalue weighted by Gasteiger charge is 2.30. The first-order valence-electron chi connectivity index (χ1n) is 12.1. The van der Waals surface area contributed by atoms with Crippen LogP contribution in [-0.4, -0.2) is 19.4 Å². The molecule has 0 amide bonds. The van der Waals surface area contributed by atoms with Crippen molar-refractivity contribution >= 4 is 38.6 Å². The molecule has 0 spiro atoms. The third-order valence-electron chi connectivity index (χ3n) is 7.96. The summed E-state index contributed by atoms with van der Waals surface area (Å²) in [4.78, 5) is 14.5. The molecule has 0 aliphatic heterocycles. The predicted octanol–water partition coefficient (Wildman–Crippen LogP) is 6.73. The normalized spacial score (nSPS) is 13.5. The van der Waals surface area contributed by atoms with Gasteiger partial charge in [-0.3, -0.25) is 9.38 Å². The highest BCUT2D eigenvalue weighted by molar-refractivity contribution is 6.15. The average Bonchev–Trinajstić information content (AvgIpc) is 3.59. The van der Waals surface area contributed by atoms with E-state index >= 15 is 0 Å². The first-order chi connectivity index (χ1) is 17.4. The van der Waals surface area contributed by atoms with E-state index in [0.29, 0.717) is 0 Å². The summed E-state index contributed by atoms with van der Waals surface area (Å²) in [5.74, 6) is 0. The van der Waals surface area contributed by atoms with Crippen molar-refractivity contribution in [1.82, 2.24) is 19.4 Å². The van der Waals surface area contributed by atoms with Gasteiger partial charge in [-0.2, -0.15) is 0 Å². The van der Waals surface area contributed by atoms with Gasteiger partial charge in [0, 0.05) is 23.2 Å². The summed E-state index contributed by atoms with van der Waals surface area (Å²) in [5, 5.41) is 2.36. The zero-order valence-corrected chi connectivity index (χ0v) is 18.8. The van der Waals surface area contributed by atoms with Crippen LogP contribution in [0, 0.1) is 0 Å². The number of aromatic nitrogens is 4. The highest BCUT2D eigenvalue weighted by Crippen LogP contribution is 2.50. The molecule has 4 aromatic heterocycles. The van der Waals surface area contributed by atoms with E-state index in [1.807, 2.05) is 24.5 Å². The molecule has 4 heteroatoms. The lowest BCUT2D eigenvalue weighted by atomic mass is 9.94. The SMILES string of the molecule is c1ccc2c(c1)Cc1c-2ccc2c1-c1ccc3c4ncccc4n4c5cccnc5nc4c3c1C2. The lowest BCUT2D eigenvalue weighted by Gasteiger charge is -2.12. The van der Waals surface area contributed by atoms with Crippen LogP contribution in [0.15, 0.2) is 85.2 Å². The molecule has 0 N–H and O–H groups in total. The third kappa shape index (κ3) is 2.11. The topological polar surface area (TPSA) is 43.1 Å². The molecule has 0 unspecified atom stereocenters. The Hall–Kier alpha value is -4.57. The smallest absolute Gasteiger partial charge is 0.178 e. The van der Waals surface area contributed by atoms with E-state index in [9.17, 15) is 0 Å². The summed E-state index contributed by atoms with van der Waals surface area (Å²) in [6.07, 6.45) is 5.62. The molecule has 9 rings (SSSR count). The molecule has 0 saturated carbocycles. The van der Waals surface area contributed by atoms with Crippen LogP contribution in [0.1, 0.15) is 22.3 Å².